The van der Waals surface area contributed by atoms with Crippen LogP contribution in [0.15, 0.2) is 30.3 Å². The van der Waals surface area contributed by atoms with Gasteiger partial charge in [-0.1, -0.05) is 37.3 Å². The molecule has 2 heteroatoms. The van der Waals surface area contributed by atoms with Crippen molar-refractivity contribution in [2.75, 3.05) is 13.1 Å². The monoisotopic (exact) mass is 217 g/mol. The van der Waals surface area contributed by atoms with Crippen molar-refractivity contribution in [3.8, 4) is 0 Å². The summed E-state index contributed by atoms with van der Waals surface area (Å²) < 4.78 is 0. The summed E-state index contributed by atoms with van der Waals surface area (Å²) >= 11 is 0. The van der Waals surface area contributed by atoms with E-state index in [1.54, 1.807) is 0 Å². The van der Waals surface area contributed by atoms with Crippen molar-refractivity contribution in [3.05, 3.63) is 35.9 Å². The van der Waals surface area contributed by atoms with Gasteiger partial charge in [-0.3, -0.25) is 4.90 Å². The summed E-state index contributed by atoms with van der Waals surface area (Å²) in [5.74, 6) is 0.766. The molecule has 0 amide bonds. The van der Waals surface area contributed by atoms with Crippen LogP contribution in [0, 0.1) is 11.8 Å². The molecule has 0 aromatic heterocycles. The quantitative estimate of drug-likeness (QED) is 0.721. The Morgan fingerprint density at radius 1 is 1.44 bits per heavy atom. The van der Waals surface area contributed by atoms with Crippen LogP contribution in [0.1, 0.15) is 18.9 Å². The molecule has 1 aliphatic rings. The molecule has 86 valence electrons. The summed E-state index contributed by atoms with van der Waals surface area (Å²) in [6, 6.07) is 10.5. The Balaban J connectivity index is 1.88. The van der Waals surface area contributed by atoms with Crippen molar-refractivity contribution >= 4 is 6.29 Å². The minimum Gasteiger partial charge on any atom is -0.303 e. The SMILES string of the molecule is CC(C=O)C1CCN(Cc2ccccc2)C1. The maximum Gasteiger partial charge on any atom is 0.123 e. The molecule has 2 unspecified atom stereocenters. The van der Waals surface area contributed by atoms with Crippen LogP contribution in [-0.4, -0.2) is 24.3 Å². The lowest BCUT2D eigenvalue weighted by molar-refractivity contribution is -0.111. The fourth-order valence-corrected chi connectivity index (χ4v) is 2.39. The summed E-state index contributed by atoms with van der Waals surface area (Å²) in [5, 5.41) is 0. The molecule has 1 heterocycles. The standard InChI is InChI=1S/C14H19NO/c1-12(11-16)14-7-8-15(10-14)9-13-5-3-2-4-6-13/h2-6,11-12,14H,7-10H2,1H3. The molecular formula is C14H19NO. The van der Waals surface area contributed by atoms with Crippen molar-refractivity contribution < 1.29 is 4.79 Å². The average Bonchev–Trinajstić information content (AvgIpc) is 2.78. The van der Waals surface area contributed by atoms with Crippen molar-refractivity contribution in [1.29, 1.82) is 0 Å². The number of likely N-dealkylation sites (tertiary alicyclic amines) is 1. The van der Waals surface area contributed by atoms with Gasteiger partial charge in [0, 0.05) is 19.0 Å². The first-order valence-electron chi connectivity index (χ1n) is 6.01. The fraction of sp³-hybridized carbons (Fsp3) is 0.500. The zero-order valence-electron chi connectivity index (χ0n) is 9.80. The van der Waals surface area contributed by atoms with E-state index in [-0.39, 0.29) is 5.92 Å². The first-order valence-corrected chi connectivity index (χ1v) is 6.01. The Labute approximate surface area is 97.3 Å². The molecule has 2 rings (SSSR count). The van der Waals surface area contributed by atoms with Gasteiger partial charge in [0.25, 0.3) is 0 Å². The van der Waals surface area contributed by atoms with E-state index in [1.807, 2.05) is 13.0 Å². The highest BCUT2D eigenvalue weighted by atomic mass is 16.1. The fourth-order valence-electron chi connectivity index (χ4n) is 2.39. The van der Waals surface area contributed by atoms with Gasteiger partial charge in [-0.05, 0) is 24.4 Å². The van der Waals surface area contributed by atoms with Gasteiger partial charge in [-0.25, -0.2) is 0 Å². The number of carbonyl (C=O) groups is 1. The molecule has 1 fully saturated rings. The molecule has 0 bridgehead atoms. The van der Waals surface area contributed by atoms with Crippen LogP contribution in [0.2, 0.25) is 0 Å². The van der Waals surface area contributed by atoms with E-state index in [4.69, 9.17) is 0 Å². The van der Waals surface area contributed by atoms with Gasteiger partial charge in [0.1, 0.15) is 6.29 Å². The molecule has 0 saturated carbocycles. The molecule has 16 heavy (non-hydrogen) atoms. The number of aldehydes is 1. The minimum absolute atomic E-state index is 0.209. The third-order valence-electron chi connectivity index (χ3n) is 3.52. The van der Waals surface area contributed by atoms with E-state index < -0.39 is 0 Å². The topological polar surface area (TPSA) is 20.3 Å². The zero-order chi connectivity index (χ0) is 11.4. The second kappa shape index (κ2) is 5.26. The Hall–Kier alpha value is -1.15. The number of rotatable bonds is 4. The van der Waals surface area contributed by atoms with Crippen molar-refractivity contribution in [3.63, 3.8) is 0 Å². The molecular weight excluding hydrogens is 198 g/mol. The second-order valence-corrected chi connectivity index (χ2v) is 4.76. The van der Waals surface area contributed by atoms with Crippen molar-refractivity contribution in [2.24, 2.45) is 11.8 Å². The number of hydrogen-bond acceptors (Lipinski definition) is 2. The summed E-state index contributed by atoms with van der Waals surface area (Å²) in [6.07, 6.45) is 2.25. The van der Waals surface area contributed by atoms with Crippen LogP contribution in [-0.2, 0) is 11.3 Å². The lowest BCUT2D eigenvalue weighted by Crippen LogP contribution is -2.22. The van der Waals surface area contributed by atoms with E-state index in [0.29, 0.717) is 5.92 Å². The van der Waals surface area contributed by atoms with Crippen LogP contribution in [0.4, 0.5) is 0 Å². The third kappa shape index (κ3) is 2.70. The van der Waals surface area contributed by atoms with Crippen LogP contribution in [0.5, 0.6) is 0 Å². The Kier molecular flexibility index (Phi) is 3.73. The highest BCUT2D eigenvalue weighted by Crippen LogP contribution is 2.24. The summed E-state index contributed by atoms with van der Waals surface area (Å²) in [7, 11) is 0. The molecule has 1 aromatic rings. The minimum atomic E-state index is 0.209. The highest BCUT2D eigenvalue weighted by molar-refractivity contribution is 5.53. The van der Waals surface area contributed by atoms with Crippen molar-refractivity contribution in [2.45, 2.75) is 19.9 Å². The lowest BCUT2D eigenvalue weighted by atomic mass is 9.95. The second-order valence-electron chi connectivity index (χ2n) is 4.76. The molecule has 1 saturated heterocycles. The van der Waals surface area contributed by atoms with Crippen LogP contribution >= 0.6 is 0 Å². The molecule has 0 aliphatic carbocycles. The first-order chi connectivity index (χ1) is 7.79. The van der Waals surface area contributed by atoms with E-state index in [2.05, 4.69) is 29.2 Å². The summed E-state index contributed by atoms with van der Waals surface area (Å²) in [5.41, 5.74) is 1.36. The molecule has 1 aromatic carbocycles. The number of carbonyl (C=O) groups excluding carboxylic acids is 1. The van der Waals surface area contributed by atoms with Crippen molar-refractivity contribution in [1.82, 2.24) is 4.90 Å². The third-order valence-corrected chi connectivity index (χ3v) is 3.52. The molecule has 2 nitrogen and oxygen atoms in total. The Morgan fingerprint density at radius 3 is 2.88 bits per heavy atom. The zero-order valence-corrected chi connectivity index (χ0v) is 9.80. The molecule has 2 atom stereocenters. The number of benzene rings is 1. The van der Waals surface area contributed by atoms with Gasteiger partial charge < -0.3 is 4.79 Å². The van der Waals surface area contributed by atoms with Gasteiger partial charge in [0.15, 0.2) is 0 Å². The molecule has 1 aliphatic heterocycles. The molecule has 0 radical (unpaired) electrons. The van der Waals surface area contributed by atoms with E-state index in [0.717, 1.165) is 32.3 Å². The normalized spacial score (nSPS) is 23.2. The Bertz CT molecular complexity index is 336. The van der Waals surface area contributed by atoms with Gasteiger partial charge in [-0.15, -0.1) is 0 Å². The van der Waals surface area contributed by atoms with Crippen LogP contribution in [0.3, 0.4) is 0 Å². The van der Waals surface area contributed by atoms with E-state index in [1.165, 1.54) is 5.56 Å². The number of nitrogens with zero attached hydrogens (tertiary/aromatic N) is 1. The average molecular weight is 217 g/mol. The predicted molar refractivity (Wildman–Crippen MR) is 65.1 cm³/mol. The first kappa shape index (κ1) is 11.3. The maximum atomic E-state index is 10.7. The largest absolute Gasteiger partial charge is 0.303 e. The number of hydrogen-bond donors (Lipinski definition) is 0. The van der Waals surface area contributed by atoms with E-state index in [9.17, 15) is 4.79 Å². The van der Waals surface area contributed by atoms with E-state index >= 15 is 0 Å². The smallest absolute Gasteiger partial charge is 0.123 e. The Morgan fingerprint density at radius 2 is 2.19 bits per heavy atom. The van der Waals surface area contributed by atoms with Gasteiger partial charge >= 0.3 is 0 Å². The van der Waals surface area contributed by atoms with Gasteiger partial charge in [0.2, 0.25) is 0 Å². The summed E-state index contributed by atoms with van der Waals surface area (Å²) in [6.45, 7) is 5.24. The molecule has 0 N–H and O–H groups in total. The van der Waals surface area contributed by atoms with Crippen LogP contribution < -0.4 is 0 Å². The molecule has 0 spiro atoms. The van der Waals surface area contributed by atoms with Gasteiger partial charge in [-0.2, -0.15) is 0 Å². The summed E-state index contributed by atoms with van der Waals surface area (Å²) in [4.78, 5) is 13.2. The highest BCUT2D eigenvalue weighted by Gasteiger charge is 2.26. The predicted octanol–water partition coefficient (Wildman–Crippen LogP) is 2.34. The lowest BCUT2D eigenvalue weighted by Gasteiger charge is -2.17. The van der Waals surface area contributed by atoms with Crippen LogP contribution in [0.25, 0.3) is 0 Å². The maximum absolute atomic E-state index is 10.7. The van der Waals surface area contributed by atoms with Gasteiger partial charge in [0.05, 0.1) is 0 Å².